The van der Waals surface area contributed by atoms with Crippen molar-refractivity contribution in [2.75, 3.05) is 0 Å². The van der Waals surface area contributed by atoms with Crippen LogP contribution in [0.25, 0.3) is 0 Å². The third kappa shape index (κ3) is 1.76. The van der Waals surface area contributed by atoms with Crippen molar-refractivity contribution >= 4 is 30.3 Å². The molecule has 2 heterocycles. The number of carboxylic acid groups (broad SMARTS) is 1. The molecule has 0 aromatic carbocycles. The average molecular weight is 207 g/mol. The summed E-state index contributed by atoms with van der Waals surface area (Å²) in [5, 5.41) is 11.5. The van der Waals surface area contributed by atoms with Gasteiger partial charge in [0.2, 0.25) is 0 Å². The predicted octanol–water partition coefficient (Wildman–Crippen LogP) is -0.702. The topological polar surface area (TPSA) is 98.8 Å². The molecule has 0 saturated carbocycles. The Labute approximate surface area is 85.4 Å². The summed E-state index contributed by atoms with van der Waals surface area (Å²) >= 11 is 0. The van der Waals surface area contributed by atoms with Crippen molar-refractivity contribution in [3.63, 3.8) is 0 Å². The predicted molar refractivity (Wildman–Crippen MR) is 55.9 cm³/mol. The van der Waals surface area contributed by atoms with Crippen LogP contribution in [-0.4, -0.2) is 47.5 Å². The lowest BCUT2D eigenvalue weighted by Gasteiger charge is -2.15. The first-order valence-corrected chi connectivity index (χ1v) is 4.37. The van der Waals surface area contributed by atoms with Crippen molar-refractivity contribution < 1.29 is 9.90 Å². The monoisotopic (exact) mass is 207 g/mol. The molecule has 2 unspecified atom stereocenters. The molecule has 7 heteroatoms. The molecule has 7 nitrogen and oxygen atoms in total. The summed E-state index contributed by atoms with van der Waals surface area (Å²) in [6.45, 7) is 1.49. The fourth-order valence-electron chi connectivity index (χ4n) is 1.20. The zero-order valence-electron chi connectivity index (χ0n) is 7.95. The molecule has 0 amide bonds. The van der Waals surface area contributed by atoms with E-state index in [0.717, 1.165) is 0 Å². The number of hydrogen-bond acceptors (Lipinski definition) is 5. The molecule has 78 valence electrons. The Morgan fingerprint density at radius 2 is 2.53 bits per heavy atom. The van der Waals surface area contributed by atoms with Crippen molar-refractivity contribution in [2.24, 2.45) is 20.0 Å². The standard InChI is InChI=1S/C8H9N5O2/c1-4(8(14)15)13-7-5-6(10-2-9-5)11-3-12-7/h2-5H,1H3,(H,14,15)(H,9,10,11,12,13). The van der Waals surface area contributed by atoms with E-state index in [9.17, 15) is 4.79 Å². The summed E-state index contributed by atoms with van der Waals surface area (Å²) in [7, 11) is 0. The van der Waals surface area contributed by atoms with E-state index in [-0.39, 0.29) is 6.04 Å². The van der Waals surface area contributed by atoms with Crippen molar-refractivity contribution in [2.45, 2.75) is 19.0 Å². The largest absolute Gasteiger partial charge is 0.480 e. The number of nitrogens with zero attached hydrogens (tertiary/aromatic N) is 4. The van der Waals surface area contributed by atoms with Crippen LogP contribution in [0.3, 0.4) is 0 Å². The molecule has 0 spiro atoms. The maximum absolute atomic E-state index is 10.6. The van der Waals surface area contributed by atoms with E-state index in [1.807, 2.05) is 0 Å². The highest BCUT2D eigenvalue weighted by Crippen LogP contribution is 2.08. The summed E-state index contributed by atoms with van der Waals surface area (Å²) in [5.41, 5.74) is 0. The van der Waals surface area contributed by atoms with Gasteiger partial charge >= 0.3 is 5.97 Å². The minimum atomic E-state index is -0.989. The van der Waals surface area contributed by atoms with Gasteiger partial charge in [-0.2, -0.15) is 0 Å². The lowest BCUT2D eigenvalue weighted by molar-refractivity contribution is -0.137. The smallest absolute Gasteiger partial charge is 0.328 e. The summed E-state index contributed by atoms with van der Waals surface area (Å²) < 4.78 is 0. The highest BCUT2D eigenvalue weighted by Gasteiger charge is 2.27. The quantitative estimate of drug-likeness (QED) is 0.626. The van der Waals surface area contributed by atoms with E-state index < -0.39 is 12.0 Å². The molecule has 0 radical (unpaired) electrons. The van der Waals surface area contributed by atoms with Gasteiger partial charge in [-0.25, -0.2) is 14.8 Å². The lowest BCUT2D eigenvalue weighted by Crippen LogP contribution is -2.40. The number of rotatable bonds is 2. The van der Waals surface area contributed by atoms with Gasteiger partial charge in [0.15, 0.2) is 11.9 Å². The molecule has 0 aromatic rings. The number of hydrogen-bond donors (Lipinski definition) is 2. The van der Waals surface area contributed by atoms with Crippen LogP contribution in [0.4, 0.5) is 0 Å². The van der Waals surface area contributed by atoms with E-state index in [1.165, 1.54) is 19.6 Å². The van der Waals surface area contributed by atoms with Crippen LogP contribution in [0, 0.1) is 0 Å². The second kappa shape index (κ2) is 3.60. The van der Waals surface area contributed by atoms with Crippen LogP contribution < -0.4 is 5.32 Å². The normalized spacial score (nSPS) is 27.1. The van der Waals surface area contributed by atoms with Gasteiger partial charge in [-0.05, 0) is 6.92 Å². The Bertz CT molecular complexity index is 409. The number of aliphatic imine (C=N–C) groups is 4. The average Bonchev–Trinajstić information content (AvgIpc) is 2.66. The zero-order valence-corrected chi connectivity index (χ0v) is 7.95. The number of fused-ring (bicyclic) bond motifs is 1. The molecule has 15 heavy (non-hydrogen) atoms. The Balaban J connectivity index is 2.25. The first kappa shape index (κ1) is 9.50. The molecular weight excluding hydrogens is 198 g/mol. The van der Waals surface area contributed by atoms with E-state index >= 15 is 0 Å². The molecular formula is C8H9N5O2. The second-order valence-corrected chi connectivity index (χ2v) is 3.09. The number of aliphatic carboxylic acids is 1. The fraction of sp³-hybridized carbons (Fsp3) is 0.375. The van der Waals surface area contributed by atoms with E-state index in [2.05, 4.69) is 25.3 Å². The molecule has 0 fully saturated rings. The van der Waals surface area contributed by atoms with E-state index in [4.69, 9.17) is 5.11 Å². The maximum Gasteiger partial charge on any atom is 0.328 e. The number of nitrogens with one attached hydrogen (secondary N) is 1. The van der Waals surface area contributed by atoms with Crippen LogP contribution in [0.1, 0.15) is 6.92 Å². The summed E-state index contributed by atoms with van der Waals surface area (Å²) in [6.07, 6.45) is 2.83. The molecule has 0 saturated heterocycles. The van der Waals surface area contributed by atoms with Crippen LogP contribution in [-0.2, 0) is 4.79 Å². The Kier molecular flexibility index (Phi) is 2.28. The highest BCUT2D eigenvalue weighted by atomic mass is 16.4. The van der Waals surface area contributed by atoms with Gasteiger partial charge in [-0.1, -0.05) is 0 Å². The third-order valence-electron chi connectivity index (χ3n) is 2.01. The van der Waals surface area contributed by atoms with Crippen LogP contribution in [0.15, 0.2) is 20.0 Å². The molecule has 0 aliphatic carbocycles. The first-order valence-electron chi connectivity index (χ1n) is 4.37. The molecule has 2 aliphatic rings. The lowest BCUT2D eigenvalue weighted by atomic mass is 10.2. The van der Waals surface area contributed by atoms with E-state index in [0.29, 0.717) is 11.7 Å². The summed E-state index contributed by atoms with van der Waals surface area (Å²) in [4.78, 5) is 26.5. The molecule has 2 rings (SSSR count). The number of carboxylic acids is 1. The van der Waals surface area contributed by atoms with Gasteiger partial charge in [-0.15, -0.1) is 0 Å². The van der Waals surface area contributed by atoms with Crippen LogP contribution in [0.2, 0.25) is 0 Å². The maximum atomic E-state index is 10.6. The molecule has 0 bridgehead atoms. The van der Waals surface area contributed by atoms with Gasteiger partial charge in [0.1, 0.15) is 18.2 Å². The van der Waals surface area contributed by atoms with Gasteiger partial charge in [0.05, 0.1) is 6.34 Å². The molecule has 0 aromatic heterocycles. The minimum absolute atomic E-state index is 0.371. The summed E-state index contributed by atoms with van der Waals surface area (Å²) in [6, 6.07) is -1.20. The highest BCUT2D eigenvalue weighted by molar-refractivity contribution is 6.21. The van der Waals surface area contributed by atoms with Gasteiger partial charge < -0.3 is 10.4 Å². The third-order valence-corrected chi connectivity index (χ3v) is 2.01. The fourth-order valence-corrected chi connectivity index (χ4v) is 1.20. The second-order valence-electron chi connectivity index (χ2n) is 3.09. The van der Waals surface area contributed by atoms with E-state index in [1.54, 1.807) is 0 Å². The number of amidine groups is 2. The van der Waals surface area contributed by atoms with Crippen molar-refractivity contribution in [3.8, 4) is 0 Å². The van der Waals surface area contributed by atoms with Crippen molar-refractivity contribution in [1.82, 2.24) is 5.32 Å². The Hall–Kier alpha value is -2.05. The van der Waals surface area contributed by atoms with Gasteiger partial charge in [0, 0.05) is 0 Å². The van der Waals surface area contributed by atoms with Gasteiger partial charge in [0.25, 0.3) is 0 Å². The van der Waals surface area contributed by atoms with Gasteiger partial charge in [-0.3, -0.25) is 9.98 Å². The molecule has 2 aliphatic heterocycles. The SMILES string of the molecule is CC(N=C1N=CNC2=NC=NC12)C(=O)O. The Morgan fingerprint density at radius 3 is 3.27 bits per heavy atom. The Morgan fingerprint density at radius 1 is 1.73 bits per heavy atom. The molecule has 2 N–H and O–H groups in total. The van der Waals surface area contributed by atoms with Crippen molar-refractivity contribution in [1.29, 1.82) is 0 Å². The zero-order chi connectivity index (χ0) is 10.8. The molecule has 2 atom stereocenters. The first-order chi connectivity index (χ1) is 7.18. The number of carbonyl (C=O) groups is 1. The van der Waals surface area contributed by atoms with Crippen LogP contribution >= 0.6 is 0 Å². The minimum Gasteiger partial charge on any atom is -0.480 e. The van der Waals surface area contributed by atoms with Crippen LogP contribution in [0.5, 0.6) is 0 Å². The summed E-state index contributed by atoms with van der Waals surface area (Å²) in [5.74, 6) is 0.00851. The van der Waals surface area contributed by atoms with Crippen molar-refractivity contribution in [3.05, 3.63) is 0 Å².